The first-order valence-electron chi connectivity index (χ1n) is 8.66. The first-order chi connectivity index (χ1) is 12.2. The maximum atomic E-state index is 11.9. The summed E-state index contributed by atoms with van der Waals surface area (Å²) in [6, 6.07) is 17.8. The van der Waals surface area contributed by atoms with Crippen LogP contribution in [0.3, 0.4) is 0 Å². The highest BCUT2D eigenvalue weighted by molar-refractivity contribution is 5.94. The highest BCUT2D eigenvalue weighted by atomic mass is 16.1. The zero-order chi connectivity index (χ0) is 17.9. The number of carbonyl (C=O) groups excluding carboxylic acids is 1. The van der Waals surface area contributed by atoms with E-state index in [0.717, 1.165) is 18.1 Å². The maximum Gasteiger partial charge on any atom is 0.251 e. The van der Waals surface area contributed by atoms with Crippen molar-refractivity contribution in [1.82, 2.24) is 16.0 Å². The Kier molecular flexibility index (Phi) is 7.50. The molecule has 0 fully saturated rings. The molecule has 5 heteroatoms. The third-order valence-corrected chi connectivity index (χ3v) is 3.59. The first kappa shape index (κ1) is 18.5. The molecule has 0 saturated heterocycles. The number of benzene rings is 2. The summed E-state index contributed by atoms with van der Waals surface area (Å²) in [6.45, 7) is 6.58. The van der Waals surface area contributed by atoms with Gasteiger partial charge in [0.05, 0.1) is 6.54 Å². The van der Waals surface area contributed by atoms with Crippen LogP contribution in [0.1, 0.15) is 35.3 Å². The Bertz CT molecular complexity index is 698. The number of nitrogens with one attached hydrogen (secondary N) is 3. The summed E-state index contributed by atoms with van der Waals surface area (Å²) in [5.41, 5.74) is 2.86. The smallest absolute Gasteiger partial charge is 0.251 e. The lowest BCUT2D eigenvalue weighted by atomic mass is 10.1. The molecule has 0 aliphatic heterocycles. The monoisotopic (exact) mass is 338 g/mol. The molecule has 0 aliphatic carbocycles. The maximum absolute atomic E-state index is 11.9. The molecule has 0 spiro atoms. The Labute approximate surface area is 149 Å². The number of carbonyl (C=O) groups is 1. The molecule has 25 heavy (non-hydrogen) atoms. The SMILES string of the molecule is CCNC(=O)c1cccc(CN=C(NCC)NCc2ccccc2)c1. The van der Waals surface area contributed by atoms with Gasteiger partial charge in [0.2, 0.25) is 0 Å². The third-order valence-electron chi connectivity index (χ3n) is 3.59. The molecule has 3 N–H and O–H groups in total. The topological polar surface area (TPSA) is 65.5 Å². The van der Waals surface area contributed by atoms with Crippen molar-refractivity contribution in [3.63, 3.8) is 0 Å². The van der Waals surface area contributed by atoms with Gasteiger partial charge in [0.15, 0.2) is 5.96 Å². The molecule has 132 valence electrons. The highest BCUT2D eigenvalue weighted by Crippen LogP contribution is 2.07. The Morgan fingerprint density at radius 1 is 0.880 bits per heavy atom. The van der Waals surface area contributed by atoms with Gasteiger partial charge in [-0.15, -0.1) is 0 Å². The van der Waals surface area contributed by atoms with Crippen molar-refractivity contribution in [2.75, 3.05) is 13.1 Å². The van der Waals surface area contributed by atoms with E-state index in [-0.39, 0.29) is 5.91 Å². The summed E-state index contributed by atoms with van der Waals surface area (Å²) in [4.78, 5) is 16.5. The van der Waals surface area contributed by atoms with Crippen molar-refractivity contribution >= 4 is 11.9 Å². The standard InChI is InChI=1S/C20H26N4O/c1-3-21-19(25)18-12-8-11-17(13-18)15-24-20(22-4-2)23-14-16-9-6-5-7-10-16/h5-13H,3-4,14-15H2,1-2H3,(H,21,25)(H2,22,23,24). The van der Waals surface area contributed by atoms with Crippen LogP contribution in [0.25, 0.3) is 0 Å². The van der Waals surface area contributed by atoms with Crippen LogP contribution in [0.15, 0.2) is 59.6 Å². The summed E-state index contributed by atoms with van der Waals surface area (Å²) in [6.07, 6.45) is 0. The minimum absolute atomic E-state index is 0.0533. The van der Waals surface area contributed by atoms with Gasteiger partial charge in [-0.2, -0.15) is 0 Å². The summed E-state index contributed by atoms with van der Waals surface area (Å²) >= 11 is 0. The highest BCUT2D eigenvalue weighted by Gasteiger charge is 2.05. The average Bonchev–Trinajstić information content (AvgIpc) is 2.65. The Hall–Kier alpha value is -2.82. The van der Waals surface area contributed by atoms with E-state index < -0.39 is 0 Å². The van der Waals surface area contributed by atoms with Crippen LogP contribution in [0.2, 0.25) is 0 Å². The zero-order valence-corrected chi connectivity index (χ0v) is 14.9. The molecule has 0 aliphatic rings. The molecule has 2 aromatic rings. The van der Waals surface area contributed by atoms with Crippen molar-refractivity contribution in [2.24, 2.45) is 4.99 Å². The van der Waals surface area contributed by atoms with E-state index in [0.29, 0.717) is 25.2 Å². The molecule has 5 nitrogen and oxygen atoms in total. The molecule has 0 atom stereocenters. The number of rotatable bonds is 7. The molecule has 0 heterocycles. The molecule has 0 aromatic heterocycles. The summed E-state index contributed by atoms with van der Waals surface area (Å²) in [5.74, 6) is 0.706. The van der Waals surface area contributed by atoms with E-state index in [4.69, 9.17) is 0 Å². The van der Waals surface area contributed by atoms with Gasteiger partial charge in [-0.3, -0.25) is 4.79 Å². The summed E-state index contributed by atoms with van der Waals surface area (Å²) < 4.78 is 0. The Morgan fingerprint density at radius 3 is 2.32 bits per heavy atom. The van der Waals surface area contributed by atoms with E-state index in [9.17, 15) is 4.79 Å². The normalized spacial score (nSPS) is 11.0. The Morgan fingerprint density at radius 2 is 1.60 bits per heavy atom. The van der Waals surface area contributed by atoms with Gasteiger partial charge < -0.3 is 16.0 Å². The van der Waals surface area contributed by atoms with E-state index in [1.165, 1.54) is 5.56 Å². The second-order valence-electron chi connectivity index (χ2n) is 5.59. The first-order valence-corrected chi connectivity index (χ1v) is 8.66. The second-order valence-corrected chi connectivity index (χ2v) is 5.59. The lowest BCUT2D eigenvalue weighted by Crippen LogP contribution is -2.36. The minimum Gasteiger partial charge on any atom is -0.357 e. The molecular weight excluding hydrogens is 312 g/mol. The molecule has 2 rings (SSSR count). The van der Waals surface area contributed by atoms with Crippen molar-refractivity contribution in [2.45, 2.75) is 26.9 Å². The summed E-state index contributed by atoms with van der Waals surface area (Å²) in [5, 5.41) is 9.38. The number of aliphatic imine (C=N–C) groups is 1. The molecule has 2 aromatic carbocycles. The van der Waals surface area contributed by atoms with Gasteiger partial charge in [-0.1, -0.05) is 42.5 Å². The summed E-state index contributed by atoms with van der Waals surface area (Å²) in [7, 11) is 0. The quantitative estimate of drug-likeness (QED) is 0.537. The van der Waals surface area contributed by atoms with Crippen molar-refractivity contribution in [3.8, 4) is 0 Å². The van der Waals surface area contributed by atoms with Crippen LogP contribution < -0.4 is 16.0 Å². The molecule has 0 saturated carbocycles. The van der Waals surface area contributed by atoms with E-state index >= 15 is 0 Å². The van der Waals surface area contributed by atoms with E-state index in [2.05, 4.69) is 33.1 Å². The second kappa shape index (κ2) is 10.1. The van der Waals surface area contributed by atoms with Crippen LogP contribution in [-0.2, 0) is 13.1 Å². The molecule has 0 radical (unpaired) electrons. The third kappa shape index (κ3) is 6.30. The zero-order valence-electron chi connectivity index (χ0n) is 14.9. The lowest BCUT2D eigenvalue weighted by Gasteiger charge is -2.11. The van der Waals surface area contributed by atoms with E-state index in [1.807, 2.05) is 56.3 Å². The predicted molar refractivity (Wildman–Crippen MR) is 103 cm³/mol. The van der Waals surface area contributed by atoms with Crippen LogP contribution in [0, 0.1) is 0 Å². The van der Waals surface area contributed by atoms with Crippen LogP contribution in [0.4, 0.5) is 0 Å². The van der Waals surface area contributed by atoms with Crippen molar-refractivity contribution < 1.29 is 4.79 Å². The number of hydrogen-bond acceptors (Lipinski definition) is 2. The largest absolute Gasteiger partial charge is 0.357 e. The van der Waals surface area contributed by atoms with E-state index in [1.54, 1.807) is 0 Å². The fraction of sp³-hybridized carbons (Fsp3) is 0.300. The van der Waals surface area contributed by atoms with Crippen LogP contribution in [0.5, 0.6) is 0 Å². The molecule has 0 bridgehead atoms. The molecular formula is C20H26N4O. The average molecular weight is 338 g/mol. The minimum atomic E-state index is -0.0533. The number of guanidine groups is 1. The fourth-order valence-electron chi connectivity index (χ4n) is 2.37. The molecule has 1 amide bonds. The number of amides is 1. The number of hydrogen-bond donors (Lipinski definition) is 3. The Balaban J connectivity index is 2.00. The van der Waals surface area contributed by atoms with Crippen molar-refractivity contribution in [3.05, 3.63) is 71.3 Å². The van der Waals surface area contributed by atoms with Gasteiger partial charge in [0.1, 0.15) is 0 Å². The van der Waals surface area contributed by atoms with Gasteiger partial charge in [0, 0.05) is 25.2 Å². The van der Waals surface area contributed by atoms with Gasteiger partial charge >= 0.3 is 0 Å². The molecule has 0 unspecified atom stereocenters. The van der Waals surface area contributed by atoms with Gasteiger partial charge in [-0.25, -0.2) is 4.99 Å². The number of nitrogens with zero attached hydrogens (tertiary/aromatic N) is 1. The van der Waals surface area contributed by atoms with Crippen molar-refractivity contribution in [1.29, 1.82) is 0 Å². The van der Waals surface area contributed by atoms with Crippen LogP contribution in [-0.4, -0.2) is 25.0 Å². The lowest BCUT2D eigenvalue weighted by molar-refractivity contribution is 0.0955. The van der Waals surface area contributed by atoms with Gasteiger partial charge in [-0.05, 0) is 37.1 Å². The predicted octanol–water partition coefficient (Wildman–Crippen LogP) is 2.69. The van der Waals surface area contributed by atoms with Gasteiger partial charge in [0.25, 0.3) is 5.91 Å². The fourth-order valence-corrected chi connectivity index (χ4v) is 2.37. The van der Waals surface area contributed by atoms with Crippen LogP contribution >= 0.6 is 0 Å².